The van der Waals surface area contributed by atoms with Crippen LogP contribution < -0.4 is 5.32 Å². The minimum Gasteiger partial charge on any atom is -0.394 e. The molecule has 1 saturated heterocycles. The summed E-state index contributed by atoms with van der Waals surface area (Å²) in [5.41, 5.74) is 0.0537. The van der Waals surface area contributed by atoms with E-state index in [1.165, 1.54) is 70.9 Å². The normalized spacial score (nSPS) is 38.8. The van der Waals surface area contributed by atoms with Crippen LogP contribution in [0.15, 0.2) is 0 Å². The highest BCUT2D eigenvalue weighted by atomic mass is 16.3. The molecule has 0 spiro atoms. The van der Waals surface area contributed by atoms with Crippen molar-refractivity contribution in [3.63, 3.8) is 0 Å². The summed E-state index contributed by atoms with van der Waals surface area (Å²) in [6, 6.07) is 1.43. The second-order valence-electron chi connectivity index (χ2n) is 6.70. The summed E-state index contributed by atoms with van der Waals surface area (Å²) in [6.45, 7) is 2.90. The molecule has 3 aliphatic rings. The third-order valence-electron chi connectivity index (χ3n) is 5.13. The topological polar surface area (TPSA) is 35.5 Å². The van der Waals surface area contributed by atoms with E-state index in [1.807, 2.05) is 0 Å². The summed E-state index contributed by atoms with van der Waals surface area (Å²) in [4.78, 5) is 2.71. The highest BCUT2D eigenvalue weighted by molar-refractivity contribution is 5.03. The van der Waals surface area contributed by atoms with Gasteiger partial charge >= 0.3 is 0 Å². The Morgan fingerprint density at radius 3 is 2.39 bits per heavy atom. The van der Waals surface area contributed by atoms with Crippen LogP contribution in [-0.4, -0.2) is 47.3 Å². The molecule has 0 aromatic heterocycles. The molecule has 2 unspecified atom stereocenters. The van der Waals surface area contributed by atoms with Gasteiger partial charge in [0.05, 0.1) is 6.61 Å². The molecule has 0 bridgehead atoms. The molecular weight excluding hydrogens is 224 g/mol. The molecule has 2 atom stereocenters. The molecule has 3 nitrogen and oxygen atoms in total. The fourth-order valence-corrected chi connectivity index (χ4v) is 3.85. The molecule has 0 aromatic carbocycles. The monoisotopic (exact) mass is 252 g/mol. The molecule has 2 aliphatic carbocycles. The van der Waals surface area contributed by atoms with Crippen molar-refractivity contribution in [3.8, 4) is 0 Å². The number of hydrogen-bond donors (Lipinski definition) is 2. The van der Waals surface area contributed by atoms with Gasteiger partial charge in [0.2, 0.25) is 0 Å². The Hall–Kier alpha value is -0.120. The van der Waals surface area contributed by atoms with Crippen LogP contribution in [0.3, 0.4) is 0 Å². The van der Waals surface area contributed by atoms with Gasteiger partial charge in [-0.25, -0.2) is 0 Å². The minimum atomic E-state index is 0.0537. The first-order valence-corrected chi connectivity index (χ1v) is 7.94. The Labute approximate surface area is 111 Å². The van der Waals surface area contributed by atoms with E-state index in [-0.39, 0.29) is 5.54 Å². The van der Waals surface area contributed by atoms with Gasteiger partial charge in [0.25, 0.3) is 0 Å². The van der Waals surface area contributed by atoms with Gasteiger partial charge in [0, 0.05) is 17.6 Å². The van der Waals surface area contributed by atoms with Crippen molar-refractivity contribution in [1.82, 2.24) is 10.2 Å². The standard InChI is InChI=1S/C15H28N2O/c18-12-15(16-13-5-6-13)8-7-14(11-15)17-9-3-1-2-4-10-17/h13-14,16,18H,1-12H2. The smallest absolute Gasteiger partial charge is 0.0614 e. The molecule has 2 saturated carbocycles. The molecule has 104 valence electrons. The number of likely N-dealkylation sites (tertiary alicyclic amines) is 1. The fraction of sp³-hybridized carbons (Fsp3) is 1.00. The SMILES string of the molecule is OCC1(NC2CC2)CCC(N2CCCCCC2)C1. The lowest BCUT2D eigenvalue weighted by molar-refractivity contribution is 0.142. The number of nitrogens with zero attached hydrogens (tertiary/aromatic N) is 1. The van der Waals surface area contributed by atoms with Crippen LogP contribution >= 0.6 is 0 Å². The van der Waals surface area contributed by atoms with E-state index in [1.54, 1.807) is 0 Å². The predicted octanol–water partition coefficient (Wildman–Crippen LogP) is 1.90. The molecule has 0 amide bonds. The molecule has 0 aromatic rings. The molecule has 3 heteroatoms. The van der Waals surface area contributed by atoms with Crippen LogP contribution in [0.2, 0.25) is 0 Å². The predicted molar refractivity (Wildman–Crippen MR) is 73.7 cm³/mol. The fourth-order valence-electron chi connectivity index (χ4n) is 3.85. The summed E-state index contributed by atoms with van der Waals surface area (Å²) in [6.07, 6.45) is 11.8. The van der Waals surface area contributed by atoms with Gasteiger partial charge in [-0.2, -0.15) is 0 Å². The average Bonchev–Trinajstić information content (AvgIpc) is 3.15. The van der Waals surface area contributed by atoms with E-state index >= 15 is 0 Å². The summed E-state index contributed by atoms with van der Waals surface area (Å²) in [7, 11) is 0. The molecule has 0 radical (unpaired) electrons. The first-order chi connectivity index (χ1) is 8.81. The first-order valence-electron chi connectivity index (χ1n) is 7.94. The van der Waals surface area contributed by atoms with E-state index in [9.17, 15) is 5.11 Å². The van der Waals surface area contributed by atoms with Gasteiger partial charge < -0.3 is 15.3 Å². The number of nitrogens with one attached hydrogen (secondary N) is 1. The van der Waals surface area contributed by atoms with Gasteiger partial charge in [0.15, 0.2) is 0 Å². The highest BCUT2D eigenvalue weighted by Gasteiger charge is 2.43. The zero-order valence-corrected chi connectivity index (χ0v) is 11.5. The molecule has 3 rings (SSSR count). The van der Waals surface area contributed by atoms with Gasteiger partial charge in [-0.15, -0.1) is 0 Å². The van der Waals surface area contributed by atoms with E-state index in [0.717, 1.165) is 6.04 Å². The summed E-state index contributed by atoms with van der Waals surface area (Å²) < 4.78 is 0. The Kier molecular flexibility index (Phi) is 3.92. The maximum absolute atomic E-state index is 9.78. The number of aliphatic hydroxyl groups excluding tert-OH is 1. The van der Waals surface area contributed by atoms with Crippen LogP contribution in [0.1, 0.15) is 57.8 Å². The van der Waals surface area contributed by atoms with Gasteiger partial charge in [0.1, 0.15) is 0 Å². The van der Waals surface area contributed by atoms with Crippen molar-refractivity contribution in [2.75, 3.05) is 19.7 Å². The third-order valence-corrected chi connectivity index (χ3v) is 5.13. The number of aliphatic hydroxyl groups is 1. The molecule has 2 N–H and O–H groups in total. The van der Waals surface area contributed by atoms with Crippen molar-refractivity contribution < 1.29 is 5.11 Å². The Bertz CT molecular complexity index is 272. The first kappa shape index (κ1) is 12.9. The lowest BCUT2D eigenvalue weighted by Gasteiger charge is -2.32. The molecular formula is C15H28N2O. The van der Waals surface area contributed by atoms with E-state index in [2.05, 4.69) is 10.2 Å². The lowest BCUT2D eigenvalue weighted by atomic mass is 9.98. The number of hydrogen-bond acceptors (Lipinski definition) is 3. The largest absolute Gasteiger partial charge is 0.394 e. The van der Waals surface area contributed by atoms with Crippen LogP contribution in [0, 0.1) is 0 Å². The molecule has 1 heterocycles. The van der Waals surface area contributed by atoms with Gasteiger partial charge in [-0.1, -0.05) is 12.8 Å². The van der Waals surface area contributed by atoms with Crippen molar-refractivity contribution in [3.05, 3.63) is 0 Å². The van der Waals surface area contributed by atoms with Crippen molar-refractivity contribution in [2.24, 2.45) is 0 Å². The van der Waals surface area contributed by atoms with Crippen molar-refractivity contribution >= 4 is 0 Å². The summed E-state index contributed by atoms with van der Waals surface area (Å²) >= 11 is 0. The molecule has 1 aliphatic heterocycles. The molecule has 18 heavy (non-hydrogen) atoms. The average molecular weight is 252 g/mol. The maximum Gasteiger partial charge on any atom is 0.0614 e. The van der Waals surface area contributed by atoms with Gasteiger partial charge in [-0.05, 0) is 58.0 Å². The second kappa shape index (κ2) is 5.48. The van der Waals surface area contributed by atoms with Crippen LogP contribution in [-0.2, 0) is 0 Å². The minimum absolute atomic E-state index is 0.0537. The zero-order chi connectivity index (χ0) is 12.4. The number of rotatable bonds is 4. The van der Waals surface area contributed by atoms with E-state index in [4.69, 9.17) is 0 Å². The summed E-state index contributed by atoms with van der Waals surface area (Å²) in [5.74, 6) is 0. The highest BCUT2D eigenvalue weighted by Crippen LogP contribution is 2.36. The van der Waals surface area contributed by atoms with E-state index < -0.39 is 0 Å². The van der Waals surface area contributed by atoms with Crippen molar-refractivity contribution in [2.45, 2.75) is 75.4 Å². The zero-order valence-electron chi connectivity index (χ0n) is 11.5. The van der Waals surface area contributed by atoms with Crippen LogP contribution in [0.25, 0.3) is 0 Å². The van der Waals surface area contributed by atoms with Crippen LogP contribution in [0.4, 0.5) is 0 Å². The Morgan fingerprint density at radius 2 is 1.78 bits per heavy atom. The third kappa shape index (κ3) is 2.89. The molecule has 3 fully saturated rings. The van der Waals surface area contributed by atoms with E-state index in [0.29, 0.717) is 12.6 Å². The van der Waals surface area contributed by atoms with Gasteiger partial charge in [-0.3, -0.25) is 0 Å². The lowest BCUT2D eigenvalue weighted by Crippen LogP contribution is -2.49. The van der Waals surface area contributed by atoms with Crippen LogP contribution in [0.5, 0.6) is 0 Å². The maximum atomic E-state index is 9.78. The summed E-state index contributed by atoms with van der Waals surface area (Å²) in [5, 5.41) is 13.5. The van der Waals surface area contributed by atoms with Crippen molar-refractivity contribution in [1.29, 1.82) is 0 Å². The Morgan fingerprint density at radius 1 is 1.06 bits per heavy atom. The second-order valence-corrected chi connectivity index (χ2v) is 6.70. The quantitative estimate of drug-likeness (QED) is 0.802. The Balaban J connectivity index is 1.58.